The van der Waals surface area contributed by atoms with Gasteiger partial charge >= 0.3 is 5.97 Å². The van der Waals surface area contributed by atoms with Crippen molar-refractivity contribution in [2.75, 3.05) is 26.8 Å². The molecule has 0 atom stereocenters. The number of nitrogens with zero attached hydrogens (tertiary/aromatic N) is 3. The standard InChI is InChI=1S/C29H35N5O6/c1-5-39-23-15-19-16-34(27(31)25(19)33-26(23)28(38)32-4)17-21(35)18-9-10-22(40-13-7-6-8-24(36)37)20(14-18)29(2,3)11-12-30/h9-10,14-15,31H,5-8,11,13,16-17H2,1-4H3,(H,32,38)(H,36,37). The van der Waals surface area contributed by atoms with Gasteiger partial charge in [-0.15, -0.1) is 0 Å². The number of amides is 1. The summed E-state index contributed by atoms with van der Waals surface area (Å²) in [5.41, 5.74) is 1.62. The van der Waals surface area contributed by atoms with Crippen LogP contribution in [0.4, 0.5) is 0 Å². The van der Waals surface area contributed by atoms with Crippen LogP contribution in [0, 0.1) is 16.7 Å². The first-order valence-corrected chi connectivity index (χ1v) is 13.1. The number of nitrogens with one attached hydrogen (secondary N) is 2. The van der Waals surface area contributed by atoms with Crippen molar-refractivity contribution >= 4 is 23.5 Å². The van der Waals surface area contributed by atoms with Gasteiger partial charge in [-0.3, -0.25) is 19.8 Å². The van der Waals surface area contributed by atoms with Crippen LogP contribution in [-0.2, 0) is 16.8 Å². The SMILES string of the molecule is CCOc1cc2c(nc1C(=O)NC)C(=N)N(CC(=O)c1ccc(OCCCCC(=O)O)c(C(C)(C)CC#N)c1)C2. The summed E-state index contributed by atoms with van der Waals surface area (Å²) in [4.78, 5) is 42.5. The second kappa shape index (κ2) is 13.1. The number of amidine groups is 1. The highest BCUT2D eigenvalue weighted by Crippen LogP contribution is 2.36. The van der Waals surface area contributed by atoms with E-state index in [0.29, 0.717) is 59.9 Å². The molecule has 2 aromatic rings. The molecule has 3 rings (SSSR count). The van der Waals surface area contributed by atoms with Gasteiger partial charge in [0.1, 0.15) is 17.3 Å². The molecule has 0 radical (unpaired) electrons. The van der Waals surface area contributed by atoms with Crippen LogP contribution in [-0.4, -0.2) is 65.3 Å². The maximum absolute atomic E-state index is 13.4. The summed E-state index contributed by atoms with van der Waals surface area (Å²) < 4.78 is 11.5. The number of ether oxygens (including phenoxy) is 2. The Balaban J connectivity index is 1.81. The summed E-state index contributed by atoms with van der Waals surface area (Å²) >= 11 is 0. The number of aliphatic carboxylic acids is 1. The van der Waals surface area contributed by atoms with Crippen molar-refractivity contribution in [1.29, 1.82) is 10.7 Å². The van der Waals surface area contributed by atoms with Gasteiger partial charge in [-0.05, 0) is 44.0 Å². The fraction of sp³-hybridized carbons (Fsp3) is 0.448. The average Bonchev–Trinajstić information content (AvgIpc) is 3.21. The number of carbonyl (C=O) groups is 3. The molecule has 11 nitrogen and oxygen atoms in total. The Bertz CT molecular complexity index is 1350. The fourth-order valence-electron chi connectivity index (χ4n) is 4.45. The number of hydrogen-bond donors (Lipinski definition) is 3. The number of hydrogen-bond acceptors (Lipinski definition) is 8. The van der Waals surface area contributed by atoms with Crippen molar-refractivity contribution in [2.45, 2.75) is 58.4 Å². The monoisotopic (exact) mass is 549 g/mol. The van der Waals surface area contributed by atoms with Gasteiger partial charge < -0.3 is 24.8 Å². The van der Waals surface area contributed by atoms with Crippen molar-refractivity contribution in [2.24, 2.45) is 0 Å². The zero-order valence-corrected chi connectivity index (χ0v) is 23.3. The van der Waals surface area contributed by atoms with E-state index in [1.165, 1.54) is 7.05 Å². The second-order valence-electron chi connectivity index (χ2n) is 10.1. The first-order chi connectivity index (χ1) is 19.0. The predicted octanol–water partition coefficient (Wildman–Crippen LogP) is 3.69. The van der Waals surface area contributed by atoms with Crippen molar-refractivity contribution < 1.29 is 29.0 Å². The van der Waals surface area contributed by atoms with Gasteiger partial charge in [-0.2, -0.15) is 5.26 Å². The second-order valence-corrected chi connectivity index (χ2v) is 10.1. The lowest BCUT2D eigenvalue weighted by molar-refractivity contribution is -0.137. The summed E-state index contributed by atoms with van der Waals surface area (Å²) in [5, 5.41) is 29.4. The Labute approximate surface area is 233 Å². The minimum absolute atomic E-state index is 0.0444. The number of nitriles is 1. The van der Waals surface area contributed by atoms with Crippen LogP contribution in [0.15, 0.2) is 24.3 Å². The molecule has 0 saturated carbocycles. The van der Waals surface area contributed by atoms with Gasteiger partial charge in [0.15, 0.2) is 17.2 Å². The quantitative estimate of drug-likeness (QED) is 0.235. The van der Waals surface area contributed by atoms with E-state index in [9.17, 15) is 19.6 Å². The summed E-state index contributed by atoms with van der Waals surface area (Å²) in [6.07, 6.45) is 1.31. The molecule has 11 heteroatoms. The molecule has 1 aromatic carbocycles. The average molecular weight is 550 g/mol. The number of pyridine rings is 1. The van der Waals surface area contributed by atoms with Crippen LogP contribution in [0.25, 0.3) is 0 Å². The maximum atomic E-state index is 13.4. The molecule has 0 fully saturated rings. The minimum atomic E-state index is -0.856. The number of carbonyl (C=O) groups excluding carboxylic acids is 2. The van der Waals surface area contributed by atoms with Crippen LogP contribution in [0.1, 0.15) is 84.1 Å². The molecule has 0 aliphatic carbocycles. The molecule has 1 aliphatic rings. The highest BCUT2D eigenvalue weighted by atomic mass is 16.5. The molecule has 2 heterocycles. The van der Waals surface area contributed by atoms with Crippen molar-refractivity contribution in [3.8, 4) is 17.6 Å². The van der Waals surface area contributed by atoms with Gasteiger partial charge in [0.2, 0.25) is 0 Å². The maximum Gasteiger partial charge on any atom is 0.303 e. The third-order valence-electron chi connectivity index (χ3n) is 6.64. The molecule has 0 saturated heterocycles. The van der Waals surface area contributed by atoms with Gasteiger partial charge in [0.05, 0.1) is 25.8 Å². The van der Waals surface area contributed by atoms with Gasteiger partial charge in [0.25, 0.3) is 5.91 Å². The number of unbranched alkanes of at least 4 members (excludes halogenated alkanes) is 1. The van der Waals surface area contributed by atoms with Gasteiger partial charge in [0, 0.05) is 48.5 Å². The lowest BCUT2D eigenvalue weighted by atomic mass is 9.80. The molecule has 1 aromatic heterocycles. The zero-order chi connectivity index (χ0) is 29.4. The number of Topliss-reactive ketones (excluding diaryl/α,β-unsaturated/α-hetero) is 1. The van der Waals surface area contributed by atoms with E-state index in [1.807, 2.05) is 13.8 Å². The largest absolute Gasteiger partial charge is 0.493 e. The first-order valence-electron chi connectivity index (χ1n) is 13.1. The van der Waals surface area contributed by atoms with E-state index in [2.05, 4.69) is 16.4 Å². The van der Waals surface area contributed by atoms with E-state index in [1.54, 1.807) is 36.1 Å². The smallest absolute Gasteiger partial charge is 0.303 e. The lowest BCUT2D eigenvalue weighted by Crippen LogP contribution is -2.31. The van der Waals surface area contributed by atoms with Crippen LogP contribution in [0.2, 0.25) is 0 Å². The highest BCUT2D eigenvalue weighted by molar-refractivity contribution is 6.05. The number of carboxylic acid groups (broad SMARTS) is 1. The molecule has 0 unspecified atom stereocenters. The van der Waals surface area contributed by atoms with Crippen LogP contribution >= 0.6 is 0 Å². The first kappa shape index (κ1) is 30.1. The van der Waals surface area contributed by atoms with Gasteiger partial charge in [-0.25, -0.2) is 4.98 Å². The normalized spacial score (nSPS) is 12.5. The van der Waals surface area contributed by atoms with Crippen molar-refractivity contribution in [3.63, 3.8) is 0 Å². The van der Waals surface area contributed by atoms with Crippen LogP contribution in [0.3, 0.4) is 0 Å². The van der Waals surface area contributed by atoms with Crippen molar-refractivity contribution in [1.82, 2.24) is 15.2 Å². The highest BCUT2D eigenvalue weighted by Gasteiger charge is 2.31. The van der Waals surface area contributed by atoms with E-state index in [-0.39, 0.29) is 43.2 Å². The third-order valence-corrected chi connectivity index (χ3v) is 6.64. The molecular weight excluding hydrogens is 514 g/mol. The van der Waals surface area contributed by atoms with Crippen LogP contribution < -0.4 is 14.8 Å². The van der Waals surface area contributed by atoms with E-state index in [4.69, 9.17) is 20.0 Å². The van der Waals surface area contributed by atoms with E-state index >= 15 is 0 Å². The summed E-state index contributed by atoms with van der Waals surface area (Å²) in [7, 11) is 1.49. The van der Waals surface area contributed by atoms with Gasteiger partial charge in [-0.1, -0.05) is 13.8 Å². The van der Waals surface area contributed by atoms with E-state index in [0.717, 1.165) is 0 Å². The molecule has 1 aliphatic heterocycles. The Kier molecular flexibility index (Phi) is 9.82. The number of benzene rings is 1. The number of ketones is 1. The molecule has 0 bridgehead atoms. The number of carboxylic acids is 1. The van der Waals surface area contributed by atoms with Crippen LogP contribution in [0.5, 0.6) is 11.5 Å². The Morgan fingerprint density at radius 2 is 1.95 bits per heavy atom. The number of rotatable bonds is 14. The zero-order valence-electron chi connectivity index (χ0n) is 23.3. The Hall–Kier alpha value is -4.46. The summed E-state index contributed by atoms with van der Waals surface area (Å²) in [5.74, 6) is -0.595. The molecule has 1 amide bonds. The molecule has 40 heavy (non-hydrogen) atoms. The summed E-state index contributed by atoms with van der Waals surface area (Å²) in [6.45, 7) is 6.44. The lowest BCUT2D eigenvalue weighted by Gasteiger charge is -2.26. The fourth-order valence-corrected chi connectivity index (χ4v) is 4.45. The van der Waals surface area contributed by atoms with E-state index < -0.39 is 17.3 Å². The third kappa shape index (κ3) is 6.94. The Morgan fingerprint density at radius 1 is 1.20 bits per heavy atom. The molecule has 3 N–H and O–H groups in total. The summed E-state index contributed by atoms with van der Waals surface area (Å²) in [6, 6.07) is 8.97. The van der Waals surface area contributed by atoms with Crippen molar-refractivity contribution in [3.05, 3.63) is 52.3 Å². The minimum Gasteiger partial charge on any atom is -0.493 e. The molecule has 212 valence electrons. The number of fused-ring (bicyclic) bond motifs is 1. The predicted molar refractivity (Wildman–Crippen MR) is 147 cm³/mol. The molecule has 0 spiro atoms. The topological polar surface area (TPSA) is 166 Å². The molecular formula is C29H35N5O6. The number of aromatic nitrogens is 1. The Morgan fingerprint density at radius 3 is 2.60 bits per heavy atom.